The van der Waals surface area contributed by atoms with Crippen molar-refractivity contribution in [2.24, 2.45) is 0 Å². The molecular formula is C24H25NO3S. The van der Waals surface area contributed by atoms with Gasteiger partial charge in [0.1, 0.15) is 0 Å². The normalized spacial score (nSPS) is 12.3. The number of sulfone groups is 1. The van der Waals surface area contributed by atoms with Crippen LogP contribution in [-0.4, -0.2) is 14.3 Å². The zero-order valence-electron chi connectivity index (χ0n) is 16.6. The van der Waals surface area contributed by atoms with Crippen LogP contribution in [-0.2, 0) is 15.6 Å². The molecule has 1 N–H and O–H groups in total. The fourth-order valence-corrected chi connectivity index (χ4v) is 4.55. The van der Waals surface area contributed by atoms with Crippen molar-refractivity contribution in [3.8, 4) is 0 Å². The highest BCUT2D eigenvalue weighted by molar-refractivity contribution is 7.90. The van der Waals surface area contributed by atoms with Crippen molar-refractivity contribution >= 4 is 15.7 Å². The molecule has 0 aliphatic carbocycles. The van der Waals surface area contributed by atoms with Crippen LogP contribution in [0.2, 0.25) is 0 Å². The maximum Gasteiger partial charge on any atom is 0.251 e. The number of hydrogen-bond donors (Lipinski definition) is 1. The zero-order chi connectivity index (χ0) is 20.9. The highest BCUT2D eigenvalue weighted by atomic mass is 32.2. The number of hydrogen-bond acceptors (Lipinski definition) is 3. The molecular weight excluding hydrogens is 382 g/mol. The van der Waals surface area contributed by atoms with Gasteiger partial charge in [0, 0.05) is 5.56 Å². The Balaban J connectivity index is 1.76. The molecule has 3 rings (SSSR count). The van der Waals surface area contributed by atoms with Gasteiger partial charge in [0.2, 0.25) is 0 Å². The Morgan fingerprint density at radius 2 is 1.62 bits per heavy atom. The third-order valence-electron chi connectivity index (χ3n) is 4.84. The quantitative estimate of drug-likeness (QED) is 0.609. The molecule has 1 atom stereocenters. The Morgan fingerprint density at radius 1 is 0.931 bits per heavy atom. The van der Waals surface area contributed by atoms with Crippen LogP contribution >= 0.6 is 0 Å². The average molecular weight is 408 g/mol. The monoisotopic (exact) mass is 407 g/mol. The number of rotatable bonds is 7. The van der Waals surface area contributed by atoms with Crippen molar-refractivity contribution in [3.05, 3.63) is 101 Å². The Hall–Kier alpha value is -2.92. The van der Waals surface area contributed by atoms with Gasteiger partial charge in [-0.2, -0.15) is 0 Å². The minimum Gasteiger partial charge on any atom is -0.345 e. The summed E-state index contributed by atoms with van der Waals surface area (Å²) >= 11 is 0. The molecule has 5 heteroatoms. The molecule has 0 heterocycles. The minimum absolute atomic E-state index is 0.0974. The van der Waals surface area contributed by atoms with Gasteiger partial charge in [-0.3, -0.25) is 4.79 Å². The maximum atomic E-state index is 12.8. The zero-order valence-corrected chi connectivity index (χ0v) is 17.4. The van der Waals surface area contributed by atoms with E-state index < -0.39 is 9.84 Å². The van der Waals surface area contributed by atoms with Gasteiger partial charge in [-0.1, -0.05) is 67.1 Å². The van der Waals surface area contributed by atoms with Crippen LogP contribution < -0.4 is 5.32 Å². The van der Waals surface area contributed by atoms with E-state index in [2.05, 4.69) is 5.32 Å². The lowest BCUT2D eigenvalue weighted by molar-refractivity contribution is 0.0935. The van der Waals surface area contributed by atoms with Crippen molar-refractivity contribution in [2.75, 3.05) is 0 Å². The van der Waals surface area contributed by atoms with E-state index in [0.29, 0.717) is 11.1 Å². The van der Waals surface area contributed by atoms with Gasteiger partial charge >= 0.3 is 0 Å². The fraction of sp³-hybridized carbons (Fsp3) is 0.208. The van der Waals surface area contributed by atoms with E-state index in [4.69, 9.17) is 0 Å². The molecule has 0 radical (unpaired) electrons. The number of aryl methyl sites for hydroxylation is 1. The summed E-state index contributed by atoms with van der Waals surface area (Å²) in [7, 11) is -3.46. The molecule has 0 aliphatic heterocycles. The summed E-state index contributed by atoms with van der Waals surface area (Å²) in [5, 5.41) is 3.05. The smallest absolute Gasteiger partial charge is 0.251 e. The molecule has 0 unspecified atom stereocenters. The molecule has 0 saturated carbocycles. The minimum atomic E-state index is -3.46. The van der Waals surface area contributed by atoms with Crippen LogP contribution in [0.25, 0.3) is 0 Å². The van der Waals surface area contributed by atoms with Crippen LogP contribution in [0, 0.1) is 6.92 Å². The van der Waals surface area contributed by atoms with Crippen LogP contribution in [0.4, 0.5) is 0 Å². The first kappa shape index (κ1) is 20.8. The number of benzene rings is 3. The van der Waals surface area contributed by atoms with E-state index in [-0.39, 0.29) is 22.6 Å². The third-order valence-corrected chi connectivity index (χ3v) is 6.55. The molecule has 1 amide bonds. The summed E-state index contributed by atoms with van der Waals surface area (Å²) in [6.45, 7) is 4.05. The van der Waals surface area contributed by atoms with E-state index in [1.165, 1.54) is 5.56 Å². The summed E-state index contributed by atoms with van der Waals surface area (Å²) < 4.78 is 25.2. The predicted molar refractivity (Wildman–Crippen MR) is 115 cm³/mol. The molecule has 0 aliphatic rings. The molecule has 4 nitrogen and oxygen atoms in total. The summed E-state index contributed by atoms with van der Waals surface area (Å²) in [6, 6.07) is 23.2. The summed E-state index contributed by atoms with van der Waals surface area (Å²) in [5.41, 5.74) is 3.26. The maximum absolute atomic E-state index is 12.8. The third kappa shape index (κ3) is 5.33. The summed E-state index contributed by atoms with van der Waals surface area (Å²) in [6.07, 6.45) is 0.761. The highest BCUT2D eigenvalue weighted by Crippen LogP contribution is 2.20. The Bertz CT molecular complexity index is 1070. The Labute approximate surface area is 172 Å². The first-order valence-corrected chi connectivity index (χ1v) is 11.3. The van der Waals surface area contributed by atoms with Crippen molar-refractivity contribution in [2.45, 2.75) is 37.0 Å². The molecule has 0 bridgehead atoms. The van der Waals surface area contributed by atoms with E-state index in [9.17, 15) is 13.2 Å². The van der Waals surface area contributed by atoms with Crippen LogP contribution in [0.15, 0.2) is 83.8 Å². The predicted octanol–water partition coefficient (Wildman–Crippen LogP) is 4.85. The van der Waals surface area contributed by atoms with Gasteiger partial charge in [0.25, 0.3) is 5.91 Å². The summed E-state index contributed by atoms with van der Waals surface area (Å²) in [4.78, 5) is 13.1. The molecule has 0 saturated heterocycles. The van der Waals surface area contributed by atoms with Gasteiger partial charge < -0.3 is 5.32 Å². The number of amides is 1. The first-order valence-electron chi connectivity index (χ1n) is 9.63. The van der Waals surface area contributed by atoms with Gasteiger partial charge in [-0.25, -0.2) is 8.42 Å². The Kier molecular flexibility index (Phi) is 6.49. The van der Waals surface area contributed by atoms with Crippen molar-refractivity contribution in [3.63, 3.8) is 0 Å². The van der Waals surface area contributed by atoms with Gasteiger partial charge in [-0.05, 0) is 48.7 Å². The van der Waals surface area contributed by atoms with E-state index in [1.54, 1.807) is 54.6 Å². The highest BCUT2D eigenvalue weighted by Gasteiger charge is 2.17. The van der Waals surface area contributed by atoms with E-state index in [0.717, 1.165) is 12.0 Å². The molecule has 3 aromatic carbocycles. The molecule has 0 spiro atoms. The molecule has 0 aromatic heterocycles. The average Bonchev–Trinajstić information content (AvgIpc) is 2.73. The van der Waals surface area contributed by atoms with Crippen LogP contribution in [0.3, 0.4) is 0 Å². The van der Waals surface area contributed by atoms with Crippen LogP contribution in [0.5, 0.6) is 0 Å². The summed E-state index contributed by atoms with van der Waals surface area (Å²) in [5.74, 6) is -0.357. The molecule has 0 fully saturated rings. The lowest BCUT2D eigenvalue weighted by Gasteiger charge is -2.18. The van der Waals surface area contributed by atoms with E-state index in [1.807, 2.05) is 38.1 Å². The second-order valence-electron chi connectivity index (χ2n) is 7.12. The van der Waals surface area contributed by atoms with Crippen molar-refractivity contribution in [1.29, 1.82) is 0 Å². The van der Waals surface area contributed by atoms with Gasteiger partial charge in [0.15, 0.2) is 9.84 Å². The largest absolute Gasteiger partial charge is 0.345 e. The standard InChI is InChI=1S/C24H25NO3S/c1-3-23(20-14-12-18(2)13-15-20)25-24(26)21-9-7-8-19(16-21)17-29(27,28)22-10-5-4-6-11-22/h4-16,23H,3,17H2,1-2H3,(H,25,26)/t23-/m0/s1. The number of nitrogens with one attached hydrogen (secondary N) is 1. The SMILES string of the molecule is CC[C@H](NC(=O)c1cccc(CS(=O)(=O)c2ccccc2)c1)c1ccc(C)cc1. The molecule has 29 heavy (non-hydrogen) atoms. The lowest BCUT2D eigenvalue weighted by Crippen LogP contribution is -2.28. The molecule has 150 valence electrons. The number of carbonyl (C=O) groups excluding carboxylic acids is 1. The van der Waals surface area contributed by atoms with Crippen molar-refractivity contribution < 1.29 is 13.2 Å². The topological polar surface area (TPSA) is 63.2 Å². The second-order valence-corrected chi connectivity index (χ2v) is 9.11. The first-order chi connectivity index (χ1) is 13.9. The Morgan fingerprint density at radius 3 is 2.28 bits per heavy atom. The van der Waals surface area contributed by atoms with Gasteiger partial charge in [-0.15, -0.1) is 0 Å². The fourth-order valence-electron chi connectivity index (χ4n) is 3.19. The number of carbonyl (C=O) groups is 1. The second kappa shape index (κ2) is 9.05. The van der Waals surface area contributed by atoms with Crippen molar-refractivity contribution in [1.82, 2.24) is 5.32 Å². The molecule has 3 aromatic rings. The van der Waals surface area contributed by atoms with E-state index >= 15 is 0 Å². The van der Waals surface area contributed by atoms with Gasteiger partial charge in [0.05, 0.1) is 16.7 Å². The lowest BCUT2D eigenvalue weighted by atomic mass is 10.0. The van der Waals surface area contributed by atoms with Crippen LogP contribution in [0.1, 0.15) is 46.4 Å².